The van der Waals surface area contributed by atoms with Gasteiger partial charge in [-0.3, -0.25) is 0 Å². The Labute approximate surface area is 74.7 Å². The molecule has 1 aliphatic rings. The molecule has 1 heterocycles. The van der Waals surface area contributed by atoms with E-state index in [9.17, 15) is 17.6 Å². The van der Waals surface area contributed by atoms with Gasteiger partial charge >= 0.3 is 6.18 Å². The lowest BCUT2D eigenvalue weighted by Crippen LogP contribution is -2.39. The highest BCUT2D eigenvalue weighted by atomic mass is 19.4. The average Bonchev–Trinajstić information content (AvgIpc) is 2.04. The second kappa shape index (κ2) is 4.26. The van der Waals surface area contributed by atoms with Gasteiger partial charge in [-0.05, 0) is 25.9 Å². The number of hydrogen-bond acceptors (Lipinski definition) is 1. The van der Waals surface area contributed by atoms with Gasteiger partial charge in [0.1, 0.15) is 6.67 Å². The number of hydrogen-bond donors (Lipinski definition) is 0. The molecule has 0 saturated carbocycles. The van der Waals surface area contributed by atoms with Gasteiger partial charge in [-0.1, -0.05) is 0 Å². The van der Waals surface area contributed by atoms with Gasteiger partial charge in [-0.15, -0.1) is 0 Å². The van der Waals surface area contributed by atoms with Crippen molar-refractivity contribution in [3.63, 3.8) is 0 Å². The molecule has 13 heavy (non-hydrogen) atoms. The molecule has 1 rings (SSSR count). The molecule has 0 aromatic carbocycles. The highest BCUT2D eigenvalue weighted by Crippen LogP contribution is 2.33. The van der Waals surface area contributed by atoms with Crippen LogP contribution in [0.25, 0.3) is 0 Å². The molecule has 0 aliphatic carbocycles. The van der Waals surface area contributed by atoms with E-state index in [0.717, 1.165) is 0 Å². The summed E-state index contributed by atoms with van der Waals surface area (Å²) in [5, 5.41) is 0. The summed E-state index contributed by atoms with van der Waals surface area (Å²) in [7, 11) is 0. The first-order chi connectivity index (χ1) is 6.04. The van der Waals surface area contributed by atoms with Crippen molar-refractivity contribution in [2.24, 2.45) is 5.92 Å². The third-order valence-electron chi connectivity index (χ3n) is 2.45. The number of piperidine rings is 1. The lowest BCUT2D eigenvalue weighted by molar-refractivity contribution is -0.185. The number of likely N-dealkylation sites (tertiary alicyclic amines) is 1. The largest absolute Gasteiger partial charge is 0.391 e. The molecule has 0 N–H and O–H groups in total. The maximum atomic E-state index is 12.2. The van der Waals surface area contributed by atoms with Crippen LogP contribution in [0.1, 0.15) is 12.8 Å². The van der Waals surface area contributed by atoms with E-state index in [1.807, 2.05) is 0 Å². The smallest absolute Gasteiger partial charge is 0.301 e. The van der Waals surface area contributed by atoms with Gasteiger partial charge in [0, 0.05) is 6.54 Å². The van der Waals surface area contributed by atoms with Crippen molar-refractivity contribution in [3.8, 4) is 0 Å². The van der Waals surface area contributed by atoms with Crippen molar-refractivity contribution in [2.45, 2.75) is 19.0 Å². The van der Waals surface area contributed by atoms with Crippen LogP contribution in [0.5, 0.6) is 0 Å². The predicted molar refractivity (Wildman–Crippen MR) is 41.2 cm³/mol. The number of halogens is 4. The molecule has 78 valence electrons. The number of alkyl halides is 4. The van der Waals surface area contributed by atoms with Gasteiger partial charge in [0.25, 0.3) is 0 Å². The fourth-order valence-corrected chi connectivity index (χ4v) is 1.60. The fourth-order valence-electron chi connectivity index (χ4n) is 1.60. The summed E-state index contributed by atoms with van der Waals surface area (Å²) in [5.74, 6) is -1.18. The Morgan fingerprint density at radius 1 is 1.15 bits per heavy atom. The molecule has 5 heteroatoms. The molecule has 1 aliphatic heterocycles. The van der Waals surface area contributed by atoms with Gasteiger partial charge in [0.05, 0.1) is 5.92 Å². The van der Waals surface area contributed by atoms with Crippen LogP contribution in [0.15, 0.2) is 0 Å². The van der Waals surface area contributed by atoms with Crippen molar-refractivity contribution in [1.82, 2.24) is 4.90 Å². The summed E-state index contributed by atoms with van der Waals surface area (Å²) in [4.78, 5) is 1.74. The van der Waals surface area contributed by atoms with Crippen LogP contribution in [0.2, 0.25) is 0 Å². The first-order valence-corrected chi connectivity index (χ1v) is 4.39. The maximum absolute atomic E-state index is 12.2. The van der Waals surface area contributed by atoms with Crippen LogP contribution in [0.4, 0.5) is 17.6 Å². The second-order valence-corrected chi connectivity index (χ2v) is 3.35. The molecule has 0 bridgehead atoms. The maximum Gasteiger partial charge on any atom is 0.391 e. The predicted octanol–water partition coefficient (Wildman–Crippen LogP) is 2.23. The number of rotatable bonds is 2. The van der Waals surface area contributed by atoms with Crippen LogP contribution >= 0.6 is 0 Å². The van der Waals surface area contributed by atoms with Crippen molar-refractivity contribution in [1.29, 1.82) is 0 Å². The minimum Gasteiger partial charge on any atom is -0.301 e. The summed E-state index contributed by atoms with van der Waals surface area (Å²) in [6, 6.07) is 0. The van der Waals surface area contributed by atoms with E-state index in [-0.39, 0.29) is 19.4 Å². The zero-order chi connectivity index (χ0) is 9.90. The zero-order valence-electron chi connectivity index (χ0n) is 7.28. The molecule has 0 aromatic rings. The second-order valence-electron chi connectivity index (χ2n) is 3.35. The van der Waals surface area contributed by atoms with Gasteiger partial charge < -0.3 is 4.90 Å². The standard InChI is InChI=1S/C8H13F4N/c9-3-6-13-4-1-7(2-5-13)8(10,11)12/h7H,1-6H2. The highest BCUT2D eigenvalue weighted by Gasteiger charge is 2.40. The van der Waals surface area contributed by atoms with E-state index in [1.165, 1.54) is 0 Å². The monoisotopic (exact) mass is 199 g/mol. The van der Waals surface area contributed by atoms with E-state index >= 15 is 0 Å². The van der Waals surface area contributed by atoms with Crippen molar-refractivity contribution < 1.29 is 17.6 Å². The van der Waals surface area contributed by atoms with E-state index in [4.69, 9.17) is 0 Å². The topological polar surface area (TPSA) is 3.24 Å². The molecule has 0 spiro atoms. The number of nitrogens with zero attached hydrogens (tertiary/aromatic N) is 1. The van der Waals surface area contributed by atoms with Crippen LogP contribution in [-0.4, -0.2) is 37.4 Å². The van der Waals surface area contributed by atoms with Gasteiger partial charge in [0.2, 0.25) is 0 Å². The molecule has 1 fully saturated rings. The molecular weight excluding hydrogens is 186 g/mol. The molecule has 0 aromatic heterocycles. The van der Waals surface area contributed by atoms with Gasteiger partial charge in [0.15, 0.2) is 0 Å². The van der Waals surface area contributed by atoms with Gasteiger partial charge in [-0.2, -0.15) is 13.2 Å². The summed E-state index contributed by atoms with van der Waals surface area (Å²) < 4.78 is 48.3. The molecule has 0 atom stereocenters. The SMILES string of the molecule is FCCN1CCC(C(F)(F)F)CC1. The first-order valence-electron chi connectivity index (χ1n) is 4.39. The Kier molecular flexibility index (Phi) is 3.53. The van der Waals surface area contributed by atoms with Crippen molar-refractivity contribution >= 4 is 0 Å². The van der Waals surface area contributed by atoms with Crippen LogP contribution < -0.4 is 0 Å². The van der Waals surface area contributed by atoms with E-state index in [2.05, 4.69) is 0 Å². The quantitative estimate of drug-likeness (QED) is 0.616. The van der Waals surface area contributed by atoms with E-state index in [1.54, 1.807) is 4.90 Å². The lowest BCUT2D eigenvalue weighted by atomic mass is 9.96. The molecule has 0 unspecified atom stereocenters. The molecule has 0 amide bonds. The Morgan fingerprint density at radius 2 is 1.69 bits per heavy atom. The van der Waals surface area contributed by atoms with E-state index < -0.39 is 18.8 Å². The van der Waals surface area contributed by atoms with Crippen molar-refractivity contribution in [3.05, 3.63) is 0 Å². The molecule has 0 radical (unpaired) electrons. The molecule has 1 saturated heterocycles. The molecular formula is C8H13F4N. The average molecular weight is 199 g/mol. The minimum absolute atomic E-state index is 0.115. The van der Waals surface area contributed by atoms with Crippen LogP contribution in [0.3, 0.4) is 0 Å². The zero-order valence-corrected chi connectivity index (χ0v) is 7.28. The third kappa shape index (κ3) is 3.14. The normalized spacial score (nSPS) is 22.2. The Bertz CT molecular complexity index is 149. The van der Waals surface area contributed by atoms with Crippen molar-refractivity contribution in [2.75, 3.05) is 26.3 Å². The fraction of sp³-hybridized carbons (Fsp3) is 1.00. The Hall–Kier alpha value is -0.320. The first kappa shape index (κ1) is 10.8. The lowest BCUT2D eigenvalue weighted by Gasteiger charge is -2.32. The summed E-state index contributed by atoms with van der Waals surface area (Å²) in [6.45, 7) is 0.531. The highest BCUT2D eigenvalue weighted by molar-refractivity contribution is 4.76. The summed E-state index contributed by atoms with van der Waals surface area (Å²) in [6.07, 6.45) is -3.84. The Morgan fingerprint density at radius 3 is 2.08 bits per heavy atom. The summed E-state index contributed by atoms with van der Waals surface area (Å²) >= 11 is 0. The van der Waals surface area contributed by atoms with E-state index in [0.29, 0.717) is 13.1 Å². The minimum atomic E-state index is -4.07. The Balaban J connectivity index is 2.30. The molecule has 1 nitrogen and oxygen atoms in total. The van der Waals surface area contributed by atoms with Crippen LogP contribution in [-0.2, 0) is 0 Å². The van der Waals surface area contributed by atoms with Crippen LogP contribution in [0, 0.1) is 5.92 Å². The van der Waals surface area contributed by atoms with Gasteiger partial charge in [-0.25, -0.2) is 4.39 Å². The third-order valence-corrected chi connectivity index (χ3v) is 2.45. The summed E-state index contributed by atoms with van der Waals surface area (Å²) in [5.41, 5.74) is 0.